The summed E-state index contributed by atoms with van der Waals surface area (Å²) in [6, 6.07) is 9.90. The van der Waals surface area contributed by atoms with Crippen LogP contribution in [0.4, 0.5) is 13.2 Å². The van der Waals surface area contributed by atoms with E-state index in [1.165, 1.54) is 23.5 Å². The summed E-state index contributed by atoms with van der Waals surface area (Å²) in [5.41, 5.74) is 3.98. The van der Waals surface area contributed by atoms with Crippen LogP contribution in [-0.2, 0) is 19.1 Å². The van der Waals surface area contributed by atoms with Gasteiger partial charge < -0.3 is 9.88 Å². The number of rotatable bonds is 2. The zero-order valence-electron chi connectivity index (χ0n) is 13.3. The maximum absolute atomic E-state index is 13.2. The van der Waals surface area contributed by atoms with Crippen molar-refractivity contribution in [3.05, 3.63) is 71.8 Å². The summed E-state index contributed by atoms with van der Waals surface area (Å²) in [7, 11) is 0. The van der Waals surface area contributed by atoms with Crippen molar-refractivity contribution >= 4 is 0 Å². The van der Waals surface area contributed by atoms with Gasteiger partial charge in [0.15, 0.2) is 0 Å². The molecule has 0 bridgehead atoms. The van der Waals surface area contributed by atoms with Gasteiger partial charge in [-0.05, 0) is 41.8 Å². The van der Waals surface area contributed by atoms with Crippen LogP contribution in [0.3, 0.4) is 0 Å². The molecule has 3 aromatic rings. The molecule has 2 heterocycles. The fraction of sp³-hybridized carbons (Fsp3) is 0.211. The molecule has 1 aliphatic heterocycles. The van der Waals surface area contributed by atoms with Gasteiger partial charge in [-0.3, -0.25) is 0 Å². The summed E-state index contributed by atoms with van der Waals surface area (Å²) < 4.78 is 41.2. The zero-order chi connectivity index (χ0) is 17.4. The molecule has 1 aromatic heterocycles. The smallest absolute Gasteiger partial charge is 0.312 e. The molecule has 0 radical (unpaired) electrons. The molecule has 0 fully saturated rings. The first-order valence-corrected chi connectivity index (χ1v) is 8.05. The molecular weight excluding hydrogens is 327 g/mol. The summed E-state index contributed by atoms with van der Waals surface area (Å²) in [4.78, 5) is 3.98. The number of alkyl halides is 3. The van der Waals surface area contributed by atoms with E-state index >= 15 is 0 Å². The summed E-state index contributed by atoms with van der Waals surface area (Å²) in [6.07, 6.45) is 1.23. The SMILES string of the molecule is FC(F)(F)c1ccc(-c2cccc3c2CCNC3)c(-n2ccnc2)c1. The molecule has 1 aliphatic rings. The van der Waals surface area contributed by atoms with E-state index in [0.717, 1.165) is 36.7 Å². The maximum atomic E-state index is 13.2. The Morgan fingerprint density at radius 2 is 1.96 bits per heavy atom. The molecule has 0 aliphatic carbocycles. The second-order valence-electron chi connectivity index (χ2n) is 6.07. The Balaban J connectivity index is 1.94. The number of halogens is 3. The van der Waals surface area contributed by atoms with E-state index in [1.807, 2.05) is 12.1 Å². The predicted molar refractivity (Wildman–Crippen MR) is 89.4 cm³/mol. The van der Waals surface area contributed by atoms with Gasteiger partial charge in [0.25, 0.3) is 0 Å². The molecular formula is C19H16F3N3. The van der Waals surface area contributed by atoms with Crippen LogP contribution >= 0.6 is 0 Å². The summed E-state index contributed by atoms with van der Waals surface area (Å²) in [5, 5.41) is 3.33. The zero-order valence-corrected chi connectivity index (χ0v) is 13.3. The lowest BCUT2D eigenvalue weighted by Crippen LogP contribution is -2.24. The van der Waals surface area contributed by atoms with Crippen molar-refractivity contribution in [1.82, 2.24) is 14.9 Å². The van der Waals surface area contributed by atoms with E-state index < -0.39 is 11.7 Å². The number of hydrogen-bond acceptors (Lipinski definition) is 2. The molecule has 0 saturated heterocycles. The Morgan fingerprint density at radius 3 is 2.72 bits per heavy atom. The van der Waals surface area contributed by atoms with Gasteiger partial charge >= 0.3 is 6.18 Å². The number of imidazole rings is 1. The number of hydrogen-bond donors (Lipinski definition) is 1. The number of aromatic nitrogens is 2. The maximum Gasteiger partial charge on any atom is 0.416 e. The van der Waals surface area contributed by atoms with Crippen molar-refractivity contribution < 1.29 is 13.2 Å². The molecule has 0 saturated carbocycles. The molecule has 0 unspecified atom stereocenters. The van der Waals surface area contributed by atoms with Crippen molar-refractivity contribution in [1.29, 1.82) is 0 Å². The molecule has 1 N–H and O–H groups in total. The third kappa shape index (κ3) is 2.93. The Hall–Kier alpha value is -2.60. The first-order chi connectivity index (χ1) is 12.0. The third-order valence-electron chi connectivity index (χ3n) is 4.54. The Labute approximate surface area is 143 Å². The first kappa shape index (κ1) is 15.9. The van der Waals surface area contributed by atoms with Gasteiger partial charge in [-0.2, -0.15) is 13.2 Å². The molecule has 3 nitrogen and oxygen atoms in total. The molecule has 4 rings (SSSR count). The highest BCUT2D eigenvalue weighted by Crippen LogP contribution is 2.37. The van der Waals surface area contributed by atoms with E-state index in [2.05, 4.69) is 16.4 Å². The molecule has 2 aromatic carbocycles. The van der Waals surface area contributed by atoms with Crippen molar-refractivity contribution in [2.75, 3.05) is 6.54 Å². The van der Waals surface area contributed by atoms with Crippen LogP contribution in [0.15, 0.2) is 55.1 Å². The van der Waals surface area contributed by atoms with Crippen molar-refractivity contribution in [2.24, 2.45) is 0 Å². The van der Waals surface area contributed by atoms with Gasteiger partial charge in [-0.25, -0.2) is 4.98 Å². The van der Waals surface area contributed by atoms with E-state index in [4.69, 9.17) is 0 Å². The average Bonchev–Trinajstić information content (AvgIpc) is 3.14. The van der Waals surface area contributed by atoms with E-state index in [9.17, 15) is 13.2 Å². The Bertz CT molecular complexity index is 899. The largest absolute Gasteiger partial charge is 0.416 e. The van der Waals surface area contributed by atoms with E-state index in [1.54, 1.807) is 23.0 Å². The van der Waals surface area contributed by atoms with Crippen LogP contribution in [0.25, 0.3) is 16.8 Å². The van der Waals surface area contributed by atoms with Crippen molar-refractivity contribution in [3.8, 4) is 16.8 Å². The monoisotopic (exact) mass is 343 g/mol. The van der Waals surface area contributed by atoms with Crippen LogP contribution in [0.1, 0.15) is 16.7 Å². The summed E-state index contributed by atoms with van der Waals surface area (Å²) in [5.74, 6) is 0. The lowest BCUT2D eigenvalue weighted by Gasteiger charge is -2.22. The summed E-state index contributed by atoms with van der Waals surface area (Å²) in [6.45, 7) is 1.65. The van der Waals surface area contributed by atoms with Crippen molar-refractivity contribution in [3.63, 3.8) is 0 Å². The van der Waals surface area contributed by atoms with Crippen LogP contribution in [0, 0.1) is 0 Å². The van der Waals surface area contributed by atoms with E-state index in [0.29, 0.717) is 5.69 Å². The number of nitrogens with zero attached hydrogens (tertiary/aromatic N) is 2. The molecule has 0 spiro atoms. The number of fused-ring (bicyclic) bond motifs is 1. The molecule has 0 atom stereocenters. The first-order valence-electron chi connectivity index (χ1n) is 8.05. The molecule has 128 valence electrons. The van der Waals surface area contributed by atoms with Gasteiger partial charge in [-0.1, -0.05) is 24.3 Å². The van der Waals surface area contributed by atoms with Crippen LogP contribution in [0.2, 0.25) is 0 Å². The highest BCUT2D eigenvalue weighted by molar-refractivity contribution is 5.77. The topological polar surface area (TPSA) is 29.9 Å². The van der Waals surface area contributed by atoms with Gasteiger partial charge in [0.2, 0.25) is 0 Å². The van der Waals surface area contributed by atoms with Gasteiger partial charge in [-0.15, -0.1) is 0 Å². The van der Waals surface area contributed by atoms with Crippen molar-refractivity contribution in [2.45, 2.75) is 19.1 Å². The third-order valence-corrected chi connectivity index (χ3v) is 4.54. The molecule has 6 heteroatoms. The quantitative estimate of drug-likeness (QED) is 0.756. The molecule has 0 amide bonds. The van der Waals surface area contributed by atoms with E-state index in [-0.39, 0.29) is 0 Å². The number of benzene rings is 2. The second kappa shape index (κ2) is 6.04. The van der Waals surface area contributed by atoms with Crippen LogP contribution in [-0.4, -0.2) is 16.1 Å². The predicted octanol–water partition coefficient (Wildman–Crippen LogP) is 4.20. The highest BCUT2D eigenvalue weighted by atomic mass is 19.4. The molecule has 25 heavy (non-hydrogen) atoms. The van der Waals surface area contributed by atoms with Crippen LogP contribution < -0.4 is 5.32 Å². The standard InChI is InChI=1S/C19H16F3N3/c20-19(21,22)14-4-5-17(18(10-14)25-9-8-24-12-25)16-3-1-2-13-11-23-7-6-15(13)16/h1-5,8-10,12,23H,6-7,11H2. The fourth-order valence-corrected chi connectivity index (χ4v) is 3.34. The minimum Gasteiger partial charge on any atom is -0.312 e. The minimum absolute atomic E-state index is 0.485. The van der Waals surface area contributed by atoms with Gasteiger partial charge in [0.05, 0.1) is 17.6 Å². The Morgan fingerprint density at radius 1 is 1.08 bits per heavy atom. The second-order valence-corrected chi connectivity index (χ2v) is 6.07. The van der Waals surface area contributed by atoms with Crippen LogP contribution in [0.5, 0.6) is 0 Å². The minimum atomic E-state index is -4.38. The normalized spacial score (nSPS) is 14.4. The van der Waals surface area contributed by atoms with Gasteiger partial charge in [0.1, 0.15) is 0 Å². The Kier molecular flexibility index (Phi) is 3.84. The summed E-state index contributed by atoms with van der Waals surface area (Å²) >= 11 is 0. The number of nitrogens with one attached hydrogen (secondary N) is 1. The highest BCUT2D eigenvalue weighted by Gasteiger charge is 2.31. The fourth-order valence-electron chi connectivity index (χ4n) is 3.34. The van der Waals surface area contributed by atoms with Gasteiger partial charge in [0, 0.05) is 24.5 Å². The lowest BCUT2D eigenvalue weighted by molar-refractivity contribution is -0.137. The lowest BCUT2D eigenvalue weighted by atomic mass is 9.90. The average molecular weight is 343 g/mol.